The van der Waals surface area contributed by atoms with Crippen molar-refractivity contribution in [3.63, 3.8) is 0 Å². The SMILES string of the molecule is COC(=O)Cc1nc(Nc2ccccc2)c2c(-c3ccccc3)csc2n1. The van der Waals surface area contributed by atoms with Crippen molar-refractivity contribution in [1.29, 1.82) is 0 Å². The van der Waals surface area contributed by atoms with Crippen LogP contribution in [0.3, 0.4) is 0 Å². The molecular formula is C21H17N3O2S. The third kappa shape index (κ3) is 3.66. The monoisotopic (exact) mass is 375 g/mol. The van der Waals surface area contributed by atoms with E-state index in [4.69, 9.17) is 4.74 Å². The average molecular weight is 375 g/mol. The van der Waals surface area contributed by atoms with E-state index in [0.29, 0.717) is 11.6 Å². The Morgan fingerprint density at radius 2 is 1.74 bits per heavy atom. The lowest BCUT2D eigenvalue weighted by Crippen LogP contribution is -2.09. The smallest absolute Gasteiger partial charge is 0.313 e. The second-order valence-electron chi connectivity index (χ2n) is 5.93. The molecule has 0 spiro atoms. The van der Waals surface area contributed by atoms with Gasteiger partial charge in [-0.1, -0.05) is 48.5 Å². The lowest BCUT2D eigenvalue weighted by Gasteiger charge is -2.10. The first-order valence-corrected chi connectivity index (χ1v) is 9.35. The first-order chi connectivity index (χ1) is 13.2. The lowest BCUT2D eigenvalue weighted by atomic mass is 10.1. The second-order valence-corrected chi connectivity index (χ2v) is 6.79. The number of methoxy groups -OCH3 is 1. The van der Waals surface area contributed by atoms with Gasteiger partial charge in [-0.05, 0) is 17.7 Å². The average Bonchev–Trinajstić information content (AvgIpc) is 3.13. The molecule has 134 valence electrons. The Kier molecular flexibility index (Phi) is 4.80. The summed E-state index contributed by atoms with van der Waals surface area (Å²) in [5, 5.41) is 6.40. The first-order valence-electron chi connectivity index (χ1n) is 8.47. The number of hydrogen-bond donors (Lipinski definition) is 1. The maximum Gasteiger partial charge on any atom is 0.313 e. The van der Waals surface area contributed by atoms with E-state index in [9.17, 15) is 4.79 Å². The third-order valence-corrected chi connectivity index (χ3v) is 5.00. The van der Waals surface area contributed by atoms with Crippen molar-refractivity contribution >= 4 is 39.0 Å². The van der Waals surface area contributed by atoms with Crippen LogP contribution in [-0.4, -0.2) is 23.0 Å². The zero-order chi connectivity index (χ0) is 18.6. The minimum absolute atomic E-state index is 0.0362. The largest absolute Gasteiger partial charge is 0.469 e. The van der Waals surface area contributed by atoms with Gasteiger partial charge in [-0.2, -0.15) is 0 Å². The number of thiophene rings is 1. The topological polar surface area (TPSA) is 64.1 Å². The zero-order valence-electron chi connectivity index (χ0n) is 14.7. The third-order valence-electron chi connectivity index (χ3n) is 4.13. The predicted octanol–water partition coefficient (Wildman–Crippen LogP) is 4.82. The lowest BCUT2D eigenvalue weighted by molar-refractivity contribution is -0.139. The van der Waals surface area contributed by atoms with Crippen molar-refractivity contribution in [2.75, 3.05) is 12.4 Å². The number of hydrogen-bond acceptors (Lipinski definition) is 6. The molecule has 5 nitrogen and oxygen atoms in total. The molecule has 4 rings (SSSR count). The van der Waals surface area contributed by atoms with E-state index in [1.165, 1.54) is 18.4 Å². The van der Waals surface area contributed by atoms with Crippen molar-refractivity contribution in [1.82, 2.24) is 9.97 Å². The van der Waals surface area contributed by atoms with E-state index in [1.54, 1.807) is 0 Å². The molecule has 4 aromatic rings. The number of esters is 1. The molecule has 0 saturated heterocycles. The van der Waals surface area contributed by atoms with Gasteiger partial charge in [-0.25, -0.2) is 9.97 Å². The van der Waals surface area contributed by atoms with E-state index >= 15 is 0 Å². The number of para-hydroxylation sites is 1. The van der Waals surface area contributed by atoms with Gasteiger partial charge < -0.3 is 10.1 Å². The summed E-state index contributed by atoms with van der Waals surface area (Å²) in [4.78, 5) is 21.7. The number of carbonyl (C=O) groups is 1. The number of anilines is 2. The van der Waals surface area contributed by atoms with Gasteiger partial charge in [0.15, 0.2) is 0 Å². The molecule has 0 aliphatic rings. The summed E-state index contributed by atoms with van der Waals surface area (Å²) in [6.45, 7) is 0. The van der Waals surface area contributed by atoms with Crippen LogP contribution in [0.15, 0.2) is 66.0 Å². The number of nitrogens with zero attached hydrogens (tertiary/aromatic N) is 2. The first kappa shape index (κ1) is 17.2. The summed E-state index contributed by atoms with van der Waals surface area (Å²) in [5.41, 5.74) is 3.09. The van der Waals surface area contributed by atoms with Crippen LogP contribution in [-0.2, 0) is 16.0 Å². The summed E-state index contributed by atoms with van der Waals surface area (Å²) < 4.78 is 4.76. The number of nitrogens with one attached hydrogen (secondary N) is 1. The summed E-state index contributed by atoms with van der Waals surface area (Å²) in [7, 11) is 1.36. The standard InChI is InChI=1S/C21H17N3O2S/c1-26-18(25)12-17-23-20(22-15-10-6-3-7-11-15)19-16(13-27-21(19)24-17)14-8-4-2-5-9-14/h2-11,13H,12H2,1H3,(H,22,23,24). The van der Waals surface area contributed by atoms with Gasteiger partial charge in [0.05, 0.1) is 12.5 Å². The number of benzene rings is 2. The fourth-order valence-electron chi connectivity index (χ4n) is 2.85. The van der Waals surface area contributed by atoms with Crippen LogP contribution in [0, 0.1) is 0 Å². The minimum atomic E-state index is -0.361. The number of carbonyl (C=O) groups excluding carboxylic acids is 1. The van der Waals surface area contributed by atoms with E-state index in [1.807, 2.05) is 48.5 Å². The number of aromatic nitrogens is 2. The van der Waals surface area contributed by atoms with Crippen LogP contribution >= 0.6 is 11.3 Å². The van der Waals surface area contributed by atoms with E-state index in [0.717, 1.165) is 27.0 Å². The normalized spacial score (nSPS) is 10.7. The minimum Gasteiger partial charge on any atom is -0.469 e. The van der Waals surface area contributed by atoms with Crippen LogP contribution in [0.2, 0.25) is 0 Å². The van der Waals surface area contributed by atoms with E-state index < -0.39 is 0 Å². The molecular weight excluding hydrogens is 358 g/mol. The van der Waals surface area contributed by atoms with E-state index in [2.05, 4.69) is 32.8 Å². The Hall–Kier alpha value is -3.25. The molecule has 1 N–H and O–H groups in total. The fraction of sp³-hybridized carbons (Fsp3) is 0.0952. The molecule has 27 heavy (non-hydrogen) atoms. The Bertz CT molecular complexity index is 1080. The Labute approximate surface area is 160 Å². The zero-order valence-corrected chi connectivity index (χ0v) is 15.5. The molecule has 0 aliphatic heterocycles. The molecule has 0 radical (unpaired) electrons. The molecule has 0 unspecified atom stereocenters. The molecule has 0 fully saturated rings. The second kappa shape index (κ2) is 7.55. The van der Waals surface area contributed by atoms with Gasteiger partial charge >= 0.3 is 5.97 Å². The molecule has 0 amide bonds. The van der Waals surface area contributed by atoms with Crippen LogP contribution in [0.5, 0.6) is 0 Å². The van der Waals surface area contributed by atoms with Crippen molar-refractivity contribution in [2.24, 2.45) is 0 Å². The van der Waals surface area contributed by atoms with E-state index in [-0.39, 0.29) is 12.4 Å². The van der Waals surface area contributed by atoms with Crippen LogP contribution in [0.4, 0.5) is 11.5 Å². The molecule has 0 atom stereocenters. The molecule has 0 aliphatic carbocycles. The maximum absolute atomic E-state index is 11.7. The highest BCUT2D eigenvalue weighted by atomic mass is 32.1. The summed E-state index contributed by atoms with van der Waals surface area (Å²) >= 11 is 1.54. The molecule has 6 heteroatoms. The summed E-state index contributed by atoms with van der Waals surface area (Å²) in [6.07, 6.45) is 0.0362. The van der Waals surface area contributed by atoms with Gasteiger partial charge in [0.1, 0.15) is 22.9 Å². The van der Waals surface area contributed by atoms with Crippen molar-refractivity contribution < 1.29 is 9.53 Å². The summed E-state index contributed by atoms with van der Waals surface area (Å²) in [5.74, 6) is 0.763. The quantitative estimate of drug-likeness (QED) is 0.507. The Morgan fingerprint density at radius 3 is 2.44 bits per heavy atom. The van der Waals surface area contributed by atoms with Crippen molar-refractivity contribution in [3.05, 3.63) is 71.9 Å². The molecule has 0 bridgehead atoms. The molecule has 2 heterocycles. The molecule has 0 saturated carbocycles. The summed E-state index contributed by atoms with van der Waals surface area (Å²) in [6, 6.07) is 20.0. The molecule has 2 aromatic carbocycles. The highest BCUT2D eigenvalue weighted by molar-refractivity contribution is 7.17. The van der Waals surface area contributed by atoms with Gasteiger partial charge in [-0.15, -0.1) is 11.3 Å². The van der Waals surface area contributed by atoms with Crippen LogP contribution < -0.4 is 5.32 Å². The van der Waals surface area contributed by atoms with Crippen LogP contribution in [0.1, 0.15) is 5.82 Å². The Morgan fingerprint density at radius 1 is 1.04 bits per heavy atom. The fourth-order valence-corrected chi connectivity index (χ4v) is 3.81. The van der Waals surface area contributed by atoms with Gasteiger partial charge in [0, 0.05) is 16.6 Å². The van der Waals surface area contributed by atoms with Gasteiger partial charge in [0.2, 0.25) is 0 Å². The number of ether oxygens (including phenoxy) is 1. The highest BCUT2D eigenvalue weighted by Gasteiger charge is 2.17. The van der Waals surface area contributed by atoms with Gasteiger partial charge in [-0.3, -0.25) is 4.79 Å². The Balaban J connectivity index is 1.86. The number of fused-ring (bicyclic) bond motifs is 1. The number of rotatable bonds is 5. The molecule has 2 aromatic heterocycles. The highest BCUT2D eigenvalue weighted by Crippen LogP contribution is 2.37. The van der Waals surface area contributed by atoms with Crippen LogP contribution in [0.25, 0.3) is 21.3 Å². The predicted molar refractivity (Wildman–Crippen MR) is 108 cm³/mol. The maximum atomic E-state index is 11.7. The van der Waals surface area contributed by atoms with Gasteiger partial charge in [0.25, 0.3) is 0 Å². The van der Waals surface area contributed by atoms with Crippen molar-refractivity contribution in [2.45, 2.75) is 6.42 Å². The van der Waals surface area contributed by atoms with Crippen molar-refractivity contribution in [3.8, 4) is 11.1 Å².